The molecule has 0 aliphatic heterocycles. The molecule has 2 heteroatoms. The molecule has 0 bridgehead atoms. The van der Waals surface area contributed by atoms with Crippen LogP contribution in [-0.4, -0.2) is 4.98 Å². The number of hydrogen-bond donors (Lipinski definition) is 0. The minimum absolute atomic E-state index is 1.12. The summed E-state index contributed by atoms with van der Waals surface area (Å²) < 4.78 is 1.27. The average molecular weight is 253 g/mol. The van der Waals surface area contributed by atoms with Crippen molar-refractivity contribution in [3.05, 3.63) is 53.1 Å². The average Bonchev–Trinajstić information content (AvgIpc) is 2.73. The molecule has 0 saturated heterocycles. The highest BCUT2D eigenvalue weighted by Gasteiger charge is 2.08. The maximum Gasteiger partial charge on any atom is 0.124 e. The number of para-hydroxylation sites is 1. The maximum atomic E-state index is 4.78. The van der Waals surface area contributed by atoms with E-state index in [9.17, 15) is 0 Å². The van der Waals surface area contributed by atoms with Gasteiger partial charge in [-0.25, -0.2) is 4.98 Å². The first-order chi connectivity index (χ1) is 8.63. The molecule has 1 aromatic heterocycles. The minimum atomic E-state index is 1.12. The molecule has 0 aliphatic rings. The third kappa shape index (κ3) is 1.93. The van der Waals surface area contributed by atoms with E-state index in [1.807, 2.05) is 0 Å². The second-order valence-corrected chi connectivity index (χ2v) is 5.85. The van der Waals surface area contributed by atoms with Crippen molar-refractivity contribution in [1.29, 1.82) is 0 Å². The van der Waals surface area contributed by atoms with Gasteiger partial charge in [-0.05, 0) is 44.5 Å². The third-order valence-corrected chi connectivity index (χ3v) is 4.16. The zero-order valence-electron chi connectivity index (χ0n) is 10.8. The molecule has 2 aromatic carbocycles. The van der Waals surface area contributed by atoms with Crippen molar-refractivity contribution in [2.24, 2.45) is 0 Å². The molecule has 1 nitrogen and oxygen atoms in total. The van der Waals surface area contributed by atoms with Crippen LogP contribution in [0.4, 0.5) is 0 Å². The summed E-state index contributed by atoms with van der Waals surface area (Å²) in [6.07, 6.45) is 0. The zero-order valence-corrected chi connectivity index (χ0v) is 11.6. The molecule has 0 N–H and O–H groups in total. The second-order valence-electron chi connectivity index (χ2n) is 4.82. The van der Waals surface area contributed by atoms with Crippen molar-refractivity contribution in [3.8, 4) is 10.6 Å². The monoisotopic (exact) mass is 253 g/mol. The van der Waals surface area contributed by atoms with Gasteiger partial charge < -0.3 is 0 Å². The Balaban J connectivity index is 2.22. The fraction of sp³-hybridized carbons (Fsp3) is 0.188. The predicted molar refractivity (Wildman–Crippen MR) is 79.3 cm³/mol. The number of aromatic nitrogens is 1. The molecule has 3 aromatic rings. The summed E-state index contributed by atoms with van der Waals surface area (Å²) in [5.74, 6) is 0. The van der Waals surface area contributed by atoms with E-state index in [-0.39, 0.29) is 0 Å². The van der Waals surface area contributed by atoms with Crippen LogP contribution in [0.1, 0.15) is 16.7 Å². The lowest BCUT2D eigenvalue weighted by atomic mass is 10.1. The summed E-state index contributed by atoms with van der Waals surface area (Å²) in [4.78, 5) is 4.78. The van der Waals surface area contributed by atoms with Crippen LogP contribution < -0.4 is 0 Å². The van der Waals surface area contributed by atoms with Gasteiger partial charge in [0.2, 0.25) is 0 Å². The van der Waals surface area contributed by atoms with Crippen LogP contribution >= 0.6 is 11.3 Å². The Kier molecular flexibility index (Phi) is 2.67. The normalized spacial score (nSPS) is 11.1. The molecule has 18 heavy (non-hydrogen) atoms. The number of thiazole rings is 1. The van der Waals surface area contributed by atoms with Crippen molar-refractivity contribution in [1.82, 2.24) is 4.98 Å². The van der Waals surface area contributed by atoms with E-state index in [1.54, 1.807) is 11.3 Å². The van der Waals surface area contributed by atoms with Gasteiger partial charge in [0, 0.05) is 5.56 Å². The summed E-state index contributed by atoms with van der Waals surface area (Å²) in [6.45, 7) is 6.39. The van der Waals surface area contributed by atoms with E-state index < -0.39 is 0 Å². The van der Waals surface area contributed by atoms with Gasteiger partial charge in [-0.15, -0.1) is 11.3 Å². The first kappa shape index (κ1) is 11.4. The van der Waals surface area contributed by atoms with Crippen molar-refractivity contribution >= 4 is 21.6 Å². The van der Waals surface area contributed by atoms with Crippen molar-refractivity contribution in [3.63, 3.8) is 0 Å². The van der Waals surface area contributed by atoms with Gasteiger partial charge in [-0.1, -0.05) is 29.3 Å². The SMILES string of the molecule is Cc1cc(C)cc(-c2nc3c(C)cccc3s2)c1. The lowest BCUT2D eigenvalue weighted by molar-refractivity contribution is 1.36. The molecular weight excluding hydrogens is 238 g/mol. The van der Waals surface area contributed by atoms with Crippen molar-refractivity contribution in [2.75, 3.05) is 0 Å². The predicted octanol–water partition coefficient (Wildman–Crippen LogP) is 4.89. The Morgan fingerprint density at radius 2 is 1.67 bits per heavy atom. The highest BCUT2D eigenvalue weighted by atomic mass is 32.1. The van der Waals surface area contributed by atoms with Gasteiger partial charge in [0.1, 0.15) is 5.01 Å². The van der Waals surface area contributed by atoms with Gasteiger partial charge in [-0.2, -0.15) is 0 Å². The van der Waals surface area contributed by atoms with Crippen LogP contribution in [0.15, 0.2) is 36.4 Å². The number of nitrogens with zero attached hydrogens (tertiary/aromatic N) is 1. The summed E-state index contributed by atoms with van der Waals surface area (Å²) in [5.41, 5.74) is 6.20. The minimum Gasteiger partial charge on any atom is -0.236 e. The van der Waals surface area contributed by atoms with E-state index >= 15 is 0 Å². The summed E-state index contributed by atoms with van der Waals surface area (Å²) in [7, 11) is 0. The van der Waals surface area contributed by atoms with E-state index in [2.05, 4.69) is 57.2 Å². The Bertz CT molecular complexity index is 705. The molecular formula is C16H15NS. The summed E-state index contributed by atoms with van der Waals surface area (Å²) in [6, 6.07) is 13.0. The van der Waals surface area contributed by atoms with Gasteiger partial charge in [0.25, 0.3) is 0 Å². The maximum absolute atomic E-state index is 4.78. The number of aryl methyl sites for hydroxylation is 3. The molecule has 0 saturated carbocycles. The van der Waals surface area contributed by atoms with Crippen molar-refractivity contribution < 1.29 is 0 Å². The van der Waals surface area contributed by atoms with Crippen LogP contribution in [0.25, 0.3) is 20.8 Å². The summed E-state index contributed by atoms with van der Waals surface area (Å²) in [5, 5.41) is 1.12. The smallest absolute Gasteiger partial charge is 0.124 e. The molecule has 1 heterocycles. The second kappa shape index (κ2) is 4.21. The highest BCUT2D eigenvalue weighted by molar-refractivity contribution is 7.21. The van der Waals surface area contributed by atoms with Gasteiger partial charge in [0.15, 0.2) is 0 Å². The first-order valence-corrected chi connectivity index (χ1v) is 6.90. The number of rotatable bonds is 1. The molecule has 0 atom stereocenters. The lowest BCUT2D eigenvalue weighted by Crippen LogP contribution is -1.82. The highest BCUT2D eigenvalue weighted by Crippen LogP contribution is 2.32. The van der Waals surface area contributed by atoms with E-state index in [1.165, 1.54) is 27.0 Å². The van der Waals surface area contributed by atoms with Gasteiger partial charge >= 0.3 is 0 Å². The van der Waals surface area contributed by atoms with Crippen LogP contribution in [0, 0.1) is 20.8 Å². The Labute approximate surface area is 111 Å². The molecule has 0 radical (unpaired) electrons. The van der Waals surface area contributed by atoms with Crippen LogP contribution in [0.2, 0.25) is 0 Å². The quantitative estimate of drug-likeness (QED) is 0.601. The van der Waals surface area contributed by atoms with Crippen molar-refractivity contribution in [2.45, 2.75) is 20.8 Å². The summed E-state index contributed by atoms with van der Waals surface area (Å²) >= 11 is 1.77. The number of benzene rings is 2. The first-order valence-electron chi connectivity index (χ1n) is 6.08. The fourth-order valence-electron chi connectivity index (χ4n) is 2.31. The topological polar surface area (TPSA) is 12.9 Å². The molecule has 0 unspecified atom stereocenters. The number of hydrogen-bond acceptors (Lipinski definition) is 2. The molecule has 0 spiro atoms. The van der Waals surface area contributed by atoms with Crippen LogP contribution in [0.5, 0.6) is 0 Å². The van der Waals surface area contributed by atoms with Gasteiger partial charge in [-0.3, -0.25) is 0 Å². The third-order valence-electron chi connectivity index (χ3n) is 3.09. The molecule has 0 fully saturated rings. The van der Waals surface area contributed by atoms with Gasteiger partial charge in [0.05, 0.1) is 10.2 Å². The largest absolute Gasteiger partial charge is 0.236 e. The molecule has 0 amide bonds. The number of fused-ring (bicyclic) bond motifs is 1. The molecule has 3 rings (SSSR count). The lowest BCUT2D eigenvalue weighted by Gasteiger charge is -2.01. The van der Waals surface area contributed by atoms with Crippen LogP contribution in [0.3, 0.4) is 0 Å². The van der Waals surface area contributed by atoms with E-state index in [0.717, 1.165) is 10.5 Å². The zero-order chi connectivity index (χ0) is 12.7. The van der Waals surface area contributed by atoms with E-state index in [4.69, 9.17) is 4.98 Å². The fourth-order valence-corrected chi connectivity index (χ4v) is 3.34. The Morgan fingerprint density at radius 1 is 0.944 bits per heavy atom. The Hall–Kier alpha value is -1.67. The standard InChI is InChI=1S/C16H15NS/c1-10-7-11(2)9-13(8-10)16-17-15-12(3)5-4-6-14(15)18-16/h4-9H,1-3H3. The molecule has 0 aliphatic carbocycles. The van der Waals surface area contributed by atoms with E-state index in [0.29, 0.717) is 0 Å². The Morgan fingerprint density at radius 3 is 2.33 bits per heavy atom. The molecule has 90 valence electrons. The van der Waals surface area contributed by atoms with Crippen LogP contribution in [-0.2, 0) is 0 Å².